The molecule has 1 aromatic carbocycles. The quantitative estimate of drug-likeness (QED) is 0.836. The molecule has 1 amide bonds. The fourth-order valence-corrected chi connectivity index (χ4v) is 1.48. The number of anilines is 1. The Hall–Kier alpha value is -1.75. The number of benzene rings is 1. The second-order valence-electron chi connectivity index (χ2n) is 3.81. The van der Waals surface area contributed by atoms with E-state index in [1.165, 1.54) is 18.2 Å². The van der Waals surface area contributed by atoms with Gasteiger partial charge in [-0.05, 0) is 18.2 Å². The van der Waals surface area contributed by atoms with Gasteiger partial charge in [0.1, 0.15) is 19.8 Å². The molecule has 0 fully saturated rings. The van der Waals surface area contributed by atoms with Crippen molar-refractivity contribution in [2.24, 2.45) is 0 Å². The number of carbonyl (C=O) groups excluding carboxylic acids is 1. The SMILES string of the molecule is O=C(COCC(F)(F)F)Nc1ccc(Cl)cc1C#CCO. The maximum absolute atomic E-state index is 11.9. The number of aliphatic hydroxyl groups is 1. The van der Waals surface area contributed by atoms with Crippen molar-refractivity contribution in [2.75, 3.05) is 25.1 Å². The average Bonchev–Trinajstić information content (AvgIpc) is 2.37. The van der Waals surface area contributed by atoms with E-state index in [9.17, 15) is 18.0 Å². The summed E-state index contributed by atoms with van der Waals surface area (Å²) in [6.45, 7) is -2.62. The largest absolute Gasteiger partial charge is 0.411 e. The van der Waals surface area contributed by atoms with Crippen molar-refractivity contribution in [2.45, 2.75) is 6.18 Å². The van der Waals surface area contributed by atoms with Crippen LogP contribution in [0.2, 0.25) is 5.02 Å². The summed E-state index contributed by atoms with van der Waals surface area (Å²) in [6, 6.07) is 4.39. The lowest BCUT2D eigenvalue weighted by Gasteiger charge is -2.10. The van der Waals surface area contributed by atoms with Crippen LogP contribution in [0.4, 0.5) is 18.9 Å². The smallest absolute Gasteiger partial charge is 0.384 e. The van der Waals surface area contributed by atoms with Gasteiger partial charge < -0.3 is 15.2 Å². The molecule has 0 atom stereocenters. The minimum Gasteiger partial charge on any atom is -0.384 e. The maximum Gasteiger partial charge on any atom is 0.411 e. The first kappa shape index (κ1) is 17.3. The van der Waals surface area contributed by atoms with Gasteiger partial charge in [-0.1, -0.05) is 23.4 Å². The fraction of sp³-hybridized carbons (Fsp3) is 0.308. The van der Waals surface area contributed by atoms with Crippen LogP contribution in [0.1, 0.15) is 5.56 Å². The van der Waals surface area contributed by atoms with Crippen molar-refractivity contribution in [3.63, 3.8) is 0 Å². The Balaban J connectivity index is 2.67. The average molecular weight is 322 g/mol. The highest BCUT2D eigenvalue weighted by molar-refractivity contribution is 6.30. The number of amides is 1. The number of alkyl halides is 3. The molecule has 21 heavy (non-hydrogen) atoms. The lowest BCUT2D eigenvalue weighted by Crippen LogP contribution is -2.24. The zero-order chi connectivity index (χ0) is 15.9. The van der Waals surface area contributed by atoms with Crippen LogP contribution in [0.15, 0.2) is 18.2 Å². The zero-order valence-electron chi connectivity index (χ0n) is 10.6. The van der Waals surface area contributed by atoms with E-state index in [0.717, 1.165) is 0 Å². The standard InChI is InChI=1S/C13H11ClF3NO3/c14-10-3-4-11(9(6-10)2-1-5-19)18-12(20)7-21-8-13(15,16)17/h3-4,6,19H,5,7-8H2,(H,18,20). The summed E-state index contributed by atoms with van der Waals surface area (Å²) in [5.41, 5.74) is 0.599. The Morgan fingerprint density at radius 2 is 2.14 bits per heavy atom. The maximum atomic E-state index is 11.9. The monoisotopic (exact) mass is 321 g/mol. The molecule has 0 aliphatic heterocycles. The lowest BCUT2D eigenvalue weighted by atomic mass is 10.2. The number of rotatable bonds is 4. The number of hydrogen-bond donors (Lipinski definition) is 2. The Bertz CT molecular complexity index is 564. The summed E-state index contributed by atoms with van der Waals surface area (Å²) >= 11 is 5.77. The van der Waals surface area contributed by atoms with Gasteiger partial charge in [0, 0.05) is 10.6 Å². The van der Waals surface area contributed by atoms with Gasteiger partial charge in [0.05, 0.1) is 5.69 Å². The minimum absolute atomic E-state index is 0.265. The van der Waals surface area contributed by atoms with E-state index < -0.39 is 25.3 Å². The summed E-state index contributed by atoms with van der Waals surface area (Å²) in [4.78, 5) is 11.5. The van der Waals surface area contributed by atoms with Gasteiger partial charge in [0.15, 0.2) is 0 Å². The van der Waals surface area contributed by atoms with E-state index in [4.69, 9.17) is 16.7 Å². The number of carbonyl (C=O) groups is 1. The molecule has 0 radical (unpaired) electrons. The molecule has 0 unspecified atom stereocenters. The van der Waals surface area contributed by atoms with Crippen molar-refractivity contribution >= 4 is 23.2 Å². The van der Waals surface area contributed by atoms with Crippen LogP contribution in [-0.4, -0.2) is 37.0 Å². The van der Waals surface area contributed by atoms with E-state index in [-0.39, 0.29) is 12.3 Å². The Labute approximate surface area is 123 Å². The molecule has 114 valence electrons. The third kappa shape index (κ3) is 6.99. The molecule has 1 aromatic rings. The highest BCUT2D eigenvalue weighted by Gasteiger charge is 2.27. The number of ether oxygens (including phenoxy) is 1. The molecule has 2 N–H and O–H groups in total. The molecule has 0 aliphatic rings. The van der Waals surface area contributed by atoms with Gasteiger partial charge in [-0.2, -0.15) is 13.2 Å². The Morgan fingerprint density at radius 3 is 2.76 bits per heavy atom. The van der Waals surface area contributed by atoms with Gasteiger partial charge in [0.2, 0.25) is 5.91 Å². The van der Waals surface area contributed by atoms with Crippen LogP contribution in [0.3, 0.4) is 0 Å². The molecule has 0 aliphatic carbocycles. The van der Waals surface area contributed by atoms with Crippen molar-refractivity contribution in [1.82, 2.24) is 0 Å². The normalized spacial score (nSPS) is 10.7. The summed E-state index contributed by atoms with van der Waals surface area (Å²) in [7, 11) is 0. The summed E-state index contributed by atoms with van der Waals surface area (Å²) < 4.78 is 39.8. The second-order valence-corrected chi connectivity index (χ2v) is 4.24. The fourth-order valence-electron chi connectivity index (χ4n) is 1.31. The first-order chi connectivity index (χ1) is 9.81. The van der Waals surface area contributed by atoms with Gasteiger partial charge in [-0.25, -0.2) is 0 Å². The Morgan fingerprint density at radius 1 is 1.43 bits per heavy atom. The molecule has 0 spiro atoms. The van der Waals surface area contributed by atoms with Crippen molar-refractivity contribution in [1.29, 1.82) is 0 Å². The Kier molecular flexibility index (Phi) is 6.49. The molecule has 0 bridgehead atoms. The van der Waals surface area contributed by atoms with Gasteiger partial charge in [-0.3, -0.25) is 4.79 Å². The third-order valence-corrected chi connectivity index (χ3v) is 2.29. The van der Waals surface area contributed by atoms with Crippen LogP contribution >= 0.6 is 11.6 Å². The number of nitrogens with one attached hydrogen (secondary N) is 1. The summed E-state index contributed by atoms with van der Waals surface area (Å²) in [5, 5.41) is 11.4. The van der Waals surface area contributed by atoms with Crippen LogP contribution in [0.25, 0.3) is 0 Å². The molecule has 4 nitrogen and oxygen atoms in total. The molecular weight excluding hydrogens is 311 g/mol. The van der Waals surface area contributed by atoms with Crippen molar-refractivity contribution in [3.05, 3.63) is 28.8 Å². The van der Waals surface area contributed by atoms with E-state index in [1.54, 1.807) is 0 Å². The highest BCUT2D eigenvalue weighted by Crippen LogP contribution is 2.20. The topological polar surface area (TPSA) is 58.6 Å². The predicted octanol–water partition coefficient (Wildman–Crippen LogP) is 2.20. The molecule has 0 saturated carbocycles. The van der Waals surface area contributed by atoms with E-state index >= 15 is 0 Å². The predicted molar refractivity (Wildman–Crippen MR) is 70.9 cm³/mol. The second kappa shape index (κ2) is 7.88. The number of aliphatic hydroxyl groups excluding tert-OH is 1. The van der Waals surface area contributed by atoms with Crippen molar-refractivity contribution < 1.29 is 27.8 Å². The number of hydrogen-bond acceptors (Lipinski definition) is 3. The first-order valence-corrected chi connectivity index (χ1v) is 6.03. The van der Waals surface area contributed by atoms with E-state index in [0.29, 0.717) is 10.6 Å². The van der Waals surface area contributed by atoms with Crippen molar-refractivity contribution in [3.8, 4) is 11.8 Å². The number of halogens is 4. The van der Waals surface area contributed by atoms with Crippen LogP contribution in [0.5, 0.6) is 0 Å². The summed E-state index contributed by atoms with van der Waals surface area (Å²) in [5.74, 6) is 4.20. The van der Waals surface area contributed by atoms with E-state index in [2.05, 4.69) is 21.9 Å². The molecule has 1 rings (SSSR count). The highest BCUT2D eigenvalue weighted by atomic mass is 35.5. The van der Waals surface area contributed by atoms with Crippen LogP contribution in [-0.2, 0) is 9.53 Å². The minimum atomic E-state index is -4.49. The molecule has 0 aromatic heterocycles. The zero-order valence-corrected chi connectivity index (χ0v) is 11.4. The molecule has 0 heterocycles. The van der Waals surface area contributed by atoms with E-state index in [1.807, 2.05) is 0 Å². The van der Waals surface area contributed by atoms with Gasteiger partial charge >= 0.3 is 6.18 Å². The lowest BCUT2D eigenvalue weighted by molar-refractivity contribution is -0.174. The van der Waals surface area contributed by atoms with Crippen LogP contribution in [0, 0.1) is 11.8 Å². The third-order valence-electron chi connectivity index (χ3n) is 2.06. The van der Waals surface area contributed by atoms with Gasteiger partial charge in [0.25, 0.3) is 0 Å². The first-order valence-electron chi connectivity index (χ1n) is 5.65. The molecule has 0 saturated heterocycles. The molecular formula is C13H11ClF3NO3. The summed E-state index contributed by atoms with van der Waals surface area (Å²) in [6.07, 6.45) is -4.49. The van der Waals surface area contributed by atoms with Gasteiger partial charge in [-0.15, -0.1) is 0 Å². The van der Waals surface area contributed by atoms with Crippen LogP contribution < -0.4 is 5.32 Å². The molecule has 8 heteroatoms.